The van der Waals surface area contributed by atoms with Gasteiger partial charge < -0.3 is 15.7 Å². The van der Waals surface area contributed by atoms with Crippen molar-refractivity contribution < 1.29 is 9.50 Å². The number of hydrogen-bond donors (Lipinski definition) is 3. The van der Waals surface area contributed by atoms with E-state index < -0.39 is 0 Å². The molecule has 0 amide bonds. The normalized spacial score (nSPS) is 15.3. The summed E-state index contributed by atoms with van der Waals surface area (Å²) in [5, 5.41) is 15.4. The van der Waals surface area contributed by atoms with Crippen LogP contribution in [-0.2, 0) is 6.54 Å². The van der Waals surface area contributed by atoms with Crippen molar-refractivity contribution in [2.75, 3.05) is 17.2 Å². The van der Waals surface area contributed by atoms with Gasteiger partial charge in [0.15, 0.2) is 0 Å². The van der Waals surface area contributed by atoms with Crippen molar-refractivity contribution in [1.29, 1.82) is 0 Å². The Kier molecular flexibility index (Phi) is 4.71. The topological polar surface area (TPSA) is 70.1 Å². The van der Waals surface area contributed by atoms with Gasteiger partial charge in [0.2, 0.25) is 5.95 Å². The average molecular weight is 316 g/mol. The van der Waals surface area contributed by atoms with Gasteiger partial charge in [0.05, 0.1) is 12.3 Å². The molecule has 23 heavy (non-hydrogen) atoms. The number of anilines is 2. The third-order valence-corrected chi connectivity index (χ3v) is 3.81. The van der Waals surface area contributed by atoms with Gasteiger partial charge in [-0.3, -0.25) is 0 Å². The lowest BCUT2D eigenvalue weighted by atomic mass is 10.2. The van der Waals surface area contributed by atoms with Gasteiger partial charge in [-0.1, -0.05) is 18.2 Å². The Morgan fingerprint density at radius 1 is 1.30 bits per heavy atom. The number of aliphatic hydroxyl groups is 1. The molecule has 0 spiro atoms. The van der Waals surface area contributed by atoms with Gasteiger partial charge in [-0.25, -0.2) is 9.37 Å². The second-order valence-electron chi connectivity index (χ2n) is 5.95. The van der Waals surface area contributed by atoms with Crippen LogP contribution in [0.5, 0.6) is 0 Å². The van der Waals surface area contributed by atoms with Crippen LogP contribution in [0.1, 0.15) is 36.9 Å². The minimum atomic E-state index is -0.233. The van der Waals surface area contributed by atoms with E-state index >= 15 is 0 Å². The zero-order chi connectivity index (χ0) is 16.2. The van der Waals surface area contributed by atoms with Crippen molar-refractivity contribution in [3.63, 3.8) is 0 Å². The van der Waals surface area contributed by atoms with Crippen molar-refractivity contribution in [1.82, 2.24) is 9.97 Å². The highest BCUT2D eigenvalue weighted by Crippen LogP contribution is 2.39. The van der Waals surface area contributed by atoms with Crippen LogP contribution < -0.4 is 10.6 Å². The SMILES string of the molecule is C[C@@H](CO)Nc1nc(NCc2ccccc2F)cc(C2CC2)n1. The van der Waals surface area contributed by atoms with Crippen LogP contribution in [0.15, 0.2) is 30.3 Å². The number of rotatable bonds is 7. The molecule has 1 aromatic heterocycles. The van der Waals surface area contributed by atoms with Crippen molar-refractivity contribution >= 4 is 11.8 Å². The van der Waals surface area contributed by atoms with Crippen molar-refractivity contribution in [3.8, 4) is 0 Å². The van der Waals surface area contributed by atoms with E-state index in [1.807, 2.05) is 19.1 Å². The monoisotopic (exact) mass is 316 g/mol. The fraction of sp³-hybridized carbons (Fsp3) is 0.412. The van der Waals surface area contributed by atoms with E-state index in [1.54, 1.807) is 12.1 Å². The van der Waals surface area contributed by atoms with Crippen molar-refractivity contribution in [2.45, 2.75) is 38.3 Å². The molecule has 122 valence electrons. The fourth-order valence-corrected chi connectivity index (χ4v) is 2.30. The zero-order valence-electron chi connectivity index (χ0n) is 13.1. The lowest BCUT2D eigenvalue weighted by Gasteiger charge is -2.14. The van der Waals surface area contributed by atoms with Crippen LogP contribution in [0.4, 0.5) is 16.2 Å². The zero-order valence-corrected chi connectivity index (χ0v) is 13.1. The Bertz CT molecular complexity index is 675. The van der Waals surface area contributed by atoms with Gasteiger partial charge >= 0.3 is 0 Å². The Balaban J connectivity index is 1.76. The minimum Gasteiger partial charge on any atom is -0.394 e. The molecule has 1 atom stereocenters. The number of nitrogens with zero attached hydrogens (tertiary/aromatic N) is 2. The third-order valence-electron chi connectivity index (χ3n) is 3.81. The van der Waals surface area contributed by atoms with Crippen molar-refractivity contribution in [2.24, 2.45) is 0 Å². The van der Waals surface area contributed by atoms with Crippen LogP contribution in [0, 0.1) is 5.82 Å². The molecule has 2 aromatic rings. The predicted octanol–water partition coefficient (Wildman–Crippen LogP) is 2.90. The summed E-state index contributed by atoms with van der Waals surface area (Å²) in [7, 11) is 0. The minimum absolute atomic E-state index is 0.00893. The first kappa shape index (κ1) is 15.7. The van der Waals surface area contributed by atoms with Gasteiger partial charge in [-0.15, -0.1) is 0 Å². The molecular formula is C17H21FN4O. The summed E-state index contributed by atoms with van der Waals surface area (Å²) in [6.07, 6.45) is 2.28. The maximum Gasteiger partial charge on any atom is 0.225 e. The largest absolute Gasteiger partial charge is 0.394 e. The second kappa shape index (κ2) is 6.91. The maximum atomic E-state index is 13.7. The standard InChI is InChI=1S/C17H21FN4O/c1-11(10-23)20-17-21-15(12-6-7-12)8-16(22-17)19-9-13-4-2-3-5-14(13)18/h2-5,8,11-12,23H,6-7,9-10H2,1H3,(H2,19,20,21,22)/t11-/m0/s1. The summed E-state index contributed by atoms with van der Waals surface area (Å²) < 4.78 is 13.7. The number of aromatic nitrogens is 2. The molecule has 3 N–H and O–H groups in total. The van der Waals surface area contributed by atoms with Crippen LogP contribution >= 0.6 is 0 Å². The molecule has 0 aliphatic heterocycles. The first-order valence-electron chi connectivity index (χ1n) is 7.89. The lowest BCUT2D eigenvalue weighted by Crippen LogP contribution is -2.21. The molecule has 1 aliphatic rings. The summed E-state index contributed by atoms with van der Waals surface area (Å²) in [5.74, 6) is 1.41. The average Bonchev–Trinajstić information content (AvgIpc) is 3.39. The Morgan fingerprint density at radius 3 is 2.78 bits per heavy atom. The molecule has 0 saturated heterocycles. The molecule has 6 heteroatoms. The van der Waals surface area contributed by atoms with E-state index in [2.05, 4.69) is 20.6 Å². The Labute approximate surface area is 135 Å². The molecule has 1 fully saturated rings. The number of hydrogen-bond acceptors (Lipinski definition) is 5. The van der Waals surface area contributed by atoms with Crippen LogP contribution in [0.3, 0.4) is 0 Å². The maximum absolute atomic E-state index is 13.7. The highest BCUT2D eigenvalue weighted by Gasteiger charge is 2.26. The molecular weight excluding hydrogens is 295 g/mol. The van der Waals surface area contributed by atoms with Gasteiger partial charge in [-0.05, 0) is 25.8 Å². The quantitative estimate of drug-likeness (QED) is 0.733. The molecule has 1 saturated carbocycles. The summed E-state index contributed by atoms with van der Waals surface area (Å²) in [6, 6.07) is 8.48. The highest BCUT2D eigenvalue weighted by molar-refractivity contribution is 5.45. The van der Waals surface area contributed by atoms with Crippen LogP contribution in [-0.4, -0.2) is 27.7 Å². The van der Waals surface area contributed by atoms with E-state index in [9.17, 15) is 4.39 Å². The van der Waals surface area contributed by atoms with Gasteiger partial charge in [0, 0.05) is 30.1 Å². The van der Waals surface area contributed by atoms with Crippen LogP contribution in [0.2, 0.25) is 0 Å². The van der Waals surface area contributed by atoms with E-state index in [0.717, 1.165) is 18.5 Å². The molecule has 1 aliphatic carbocycles. The third kappa shape index (κ3) is 4.16. The van der Waals surface area contributed by atoms with Crippen molar-refractivity contribution in [3.05, 3.63) is 47.4 Å². The Morgan fingerprint density at radius 2 is 2.09 bits per heavy atom. The molecule has 3 rings (SSSR count). The lowest BCUT2D eigenvalue weighted by molar-refractivity contribution is 0.281. The van der Waals surface area contributed by atoms with Crippen LogP contribution in [0.25, 0.3) is 0 Å². The summed E-state index contributed by atoms with van der Waals surface area (Å²) in [6.45, 7) is 2.23. The molecule has 1 heterocycles. The molecule has 0 bridgehead atoms. The van der Waals surface area contributed by atoms with E-state index in [-0.39, 0.29) is 18.5 Å². The Hall–Kier alpha value is -2.21. The number of halogens is 1. The molecule has 1 aromatic carbocycles. The molecule has 0 radical (unpaired) electrons. The van der Waals surface area contributed by atoms with E-state index in [4.69, 9.17) is 5.11 Å². The highest BCUT2D eigenvalue weighted by atomic mass is 19.1. The first-order valence-corrected chi connectivity index (χ1v) is 7.89. The van der Waals surface area contributed by atoms with E-state index in [1.165, 1.54) is 6.07 Å². The fourth-order valence-electron chi connectivity index (χ4n) is 2.30. The summed E-state index contributed by atoms with van der Waals surface area (Å²) in [4.78, 5) is 8.92. The molecule has 0 unspecified atom stereocenters. The summed E-state index contributed by atoms with van der Waals surface area (Å²) >= 11 is 0. The predicted molar refractivity (Wildman–Crippen MR) is 87.9 cm³/mol. The van der Waals surface area contributed by atoms with Gasteiger partial charge in [0.25, 0.3) is 0 Å². The number of nitrogens with one attached hydrogen (secondary N) is 2. The second-order valence-corrected chi connectivity index (χ2v) is 5.95. The smallest absolute Gasteiger partial charge is 0.225 e. The summed E-state index contributed by atoms with van der Waals surface area (Å²) in [5.41, 5.74) is 1.58. The molecule has 5 nitrogen and oxygen atoms in total. The number of aliphatic hydroxyl groups excluding tert-OH is 1. The van der Waals surface area contributed by atoms with Gasteiger partial charge in [-0.2, -0.15) is 4.98 Å². The van der Waals surface area contributed by atoms with Gasteiger partial charge in [0.1, 0.15) is 11.6 Å². The van der Waals surface area contributed by atoms with E-state index in [0.29, 0.717) is 29.8 Å². The number of benzene rings is 1. The first-order chi connectivity index (χ1) is 11.2.